The van der Waals surface area contributed by atoms with Crippen LogP contribution in [0.2, 0.25) is 0 Å². The lowest BCUT2D eigenvalue weighted by Crippen LogP contribution is -1.97. The van der Waals surface area contributed by atoms with Crippen LogP contribution in [0.3, 0.4) is 0 Å². The molecule has 7 nitrogen and oxygen atoms in total. The summed E-state index contributed by atoms with van der Waals surface area (Å²) in [5, 5.41) is 14.7. The topological polar surface area (TPSA) is 91.3 Å². The first-order chi connectivity index (χ1) is 11.1. The van der Waals surface area contributed by atoms with Gasteiger partial charge >= 0.3 is 0 Å². The highest BCUT2D eigenvalue weighted by atomic mass is 16.6. The van der Waals surface area contributed by atoms with E-state index in [9.17, 15) is 10.1 Å². The second-order valence-electron chi connectivity index (χ2n) is 4.87. The van der Waals surface area contributed by atoms with Gasteiger partial charge in [0.1, 0.15) is 5.75 Å². The lowest BCUT2D eigenvalue weighted by molar-refractivity contribution is -0.384. The highest BCUT2D eigenvalue weighted by Crippen LogP contribution is 2.22. The van der Waals surface area contributed by atoms with Crippen molar-refractivity contribution < 1.29 is 14.2 Å². The number of ether oxygens (including phenoxy) is 1. The van der Waals surface area contributed by atoms with Crippen molar-refractivity contribution in [2.75, 3.05) is 0 Å². The fourth-order valence-electron chi connectivity index (χ4n) is 2.08. The largest absolute Gasteiger partial charge is 0.484 e. The van der Waals surface area contributed by atoms with E-state index in [2.05, 4.69) is 10.1 Å². The second kappa shape index (κ2) is 6.27. The van der Waals surface area contributed by atoms with Gasteiger partial charge in [0.15, 0.2) is 6.61 Å². The van der Waals surface area contributed by atoms with Gasteiger partial charge in [-0.25, -0.2) is 0 Å². The van der Waals surface area contributed by atoms with E-state index in [0.717, 1.165) is 11.1 Å². The van der Waals surface area contributed by atoms with Gasteiger partial charge in [-0.2, -0.15) is 4.98 Å². The Hall–Kier alpha value is -3.22. The maximum Gasteiger partial charge on any atom is 0.273 e. The molecule has 3 rings (SSSR count). The molecular formula is C16H13N3O4. The normalized spacial score (nSPS) is 10.5. The molecule has 0 saturated carbocycles. The fourth-order valence-corrected chi connectivity index (χ4v) is 2.08. The number of non-ortho nitro benzene ring substituents is 1. The molecule has 0 spiro atoms. The van der Waals surface area contributed by atoms with Crippen molar-refractivity contribution in [1.82, 2.24) is 10.1 Å². The molecular weight excluding hydrogens is 298 g/mol. The van der Waals surface area contributed by atoms with Gasteiger partial charge in [0.05, 0.1) is 11.0 Å². The van der Waals surface area contributed by atoms with Crippen LogP contribution in [0.15, 0.2) is 53.1 Å². The third kappa shape index (κ3) is 3.34. The first-order valence-corrected chi connectivity index (χ1v) is 6.89. The number of rotatable bonds is 5. The third-order valence-electron chi connectivity index (χ3n) is 3.24. The number of hydrogen-bond acceptors (Lipinski definition) is 6. The number of nitro groups is 1. The number of aryl methyl sites for hydroxylation is 1. The molecule has 1 heterocycles. The van der Waals surface area contributed by atoms with Crippen molar-refractivity contribution in [1.29, 1.82) is 0 Å². The number of benzene rings is 2. The molecule has 0 N–H and O–H groups in total. The quantitative estimate of drug-likeness (QED) is 0.528. The van der Waals surface area contributed by atoms with E-state index >= 15 is 0 Å². The van der Waals surface area contributed by atoms with Crippen molar-refractivity contribution in [3.8, 4) is 17.1 Å². The predicted molar refractivity (Wildman–Crippen MR) is 81.9 cm³/mol. The van der Waals surface area contributed by atoms with E-state index in [4.69, 9.17) is 9.26 Å². The summed E-state index contributed by atoms with van der Waals surface area (Å²) in [6.07, 6.45) is 0. The number of hydrogen-bond donors (Lipinski definition) is 0. The molecule has 0 unspecified atom stereocenters. The van der Waals surface area contributed by atoms with Gasteiger partial charge in [-0.1, -0.05) is 35.5 Å². The third-order valence-corrected chi connectivity index (χ3v) is 3.24. The van der Waals surface area contributed by atoms with Gasteiger partial charge in [-0.15, -0.1) is 0 Å². The molecule has 0 bridgehead atoms. The van der Waals surface area contributed by atoms with E-state index < -0.39 is 4.92 Å². The highest BCUT2D eigenvalue weighted by molar-refractivity contribution is 5.58. The minimum Gasteiger partial charge on any atom is -0.484 e. The van der Waals surface area contributed by atoms with E-state index in [1.54, 1.807) is 12.1 Å². The SMILES string of the molecule is Cc1ccccc1-c1noc(COc2cccc([N+](=O)[O-])c2)n1. The number of aromatic nitrogens is 2. The Bertz CT molecular complexity index is 845. The summed E-state index contributed by atoms with van der Waals surface area (Å²) in [7, 11) is 0. The van der Waals surface area contributed by atoms with Crippen LogP contribution < -0.4 is 4.74 Å². The van der Waals surface area contributed by atoms with Crippen molar-refractivity contribution in [2.45, 2.75) is 13.5 Å². The molecule has 7 heteroatoms. The predicted octanol–water partition coefficient (Wildman–Crippen LogP) is 3.53. The molecule has 3 aromatic rings. The van der Waals surface area contributed by atoms with Crippen molar-refractivity contribution in [3.05, 3.63) is 70.1 Å². The van der Waals surface area contributed by atoms with E-state index in [0.29, 0.717) is 17.5 Å². The van der Waals surface area contributed by atoms with Crippen molar-refractivity contribution in [3.63, 3.8) is 0 Å². The first kappa shape index (κ1) is 14.7. The van der Waals surface area contributed by atoms with Gasteiger partial charge in [-0.3, -0.25) is 10.1 Å². The van der Waals surface area contributed by atoms with Gasteiger partial charge in [0.25, 0.3) is 11.6 Å². The fraction of sp³-hybridized carbons (Fsp3) is 0.125. The van der Waals surface area contributed by atoms with Crippen LogP contribution in [0, 0.1) is 17.0 Å². The summed E-state index contributed by atoms with van der Waals surface area (Å²) in [5.41, 5.74) is 1.89. The molecule has 23 heavy (non-hydrogen) atoms. The monoisotopic (exact) mass is 311 g/mol. The smallest absolute Gasteiger partial charge is 0.273 e. The molecule has 0 aliphatic heterocycles. The highest BCUT2D eigenvalue weighted by Gasteiger charge is 2.12. The van der Waals surface area contributed by atoms with Crippen LogP contribution >= 0.6 is 0 Å². The summed E-state index contributed by atoms with van der Waals surface area (Å²) in [6, 6.07) is 13.6. The summed E-state index contributed by atoms with van der Waals surface area (Å²) < 4.78 is 10.6. The molecule has 116 valence electrons. The Morgan fingerprint density at radius 2 is 2.04 bits per heavy atom. The molecule has 0 fully saturated rings. The Labute approximate surface area is 131 Å². The van der Waals surface area contributed by atoms with Crippen LogP contribution in [0.25, 0.3) is 11.4 Å². The summed E-state index contributed by atoms with van der Waals surface area (Å²) in [6.45, 7) is 2.00. The zero-order chi connectivity index (χ0) is 16.2. The Balaban J connectivity index is 1.72. The van der Waals surface area contributed by atoms with E-state index in [1.165, 1.54) is 12.1 Å². The minimum absolute atomic E-state index is 0.0337. The lowest BCUT2D eigenvalue weighted by Gasteiger charge is -2.02. The molecule has 0 atom stereocenters. The van der Waals surface area contributed by atoms with Crippen LogP contribution in [-0.4, -0.2) is 15.1 Å². The Kier molecular flexibility index (Phi) is 4.01. The van der Waals surface area contributed by atoms with Crippen LogP contribution in [-0.2, 0) is 6.61 Å². The van der Waals surface area contributed by atoms with Crippen LogP contribution in [0.4, 0.5) is 5.69 Å². The minimum atomic E-state index is -0.476. The average molecular weight is 311 g/mol. The number of nitro benzene ring substituents is 1. The molecule has 0 saturated heterocycles. The van der Waals surface area contributed by atoms with Crippen LogP contribution in [0.5, 0.6) is 5.75 Å². The molecule has 0 aliphatic carbocycles. The van der Waals surface area contributed by atoms with Crippen molar-refractivity contribution >= 4 is 5.69 Å². The molecule has 0 radical (unpaired) electrons. The van der Waals surface area contributed by atoms with Gasteiger partial charge in [-0.05, 0) is 18.6 Å². The average Bonchev–Trinajstić information content (AvgIpc) is 3.02. The molecule has 0 aliphatic rings. The standard InChI is InChI=1S/C16H13N3O4/c1-11-5-2-3-8-14(11)16-17-15(23-18-16)10-22-13-7-4-6-12(9-13)19(20)21/h2-9H,10H2,1H3. The lowest BCUT2D eigenvalue weighted by atomic mass is 10.1. The van der Waals surface area contributed by atoms with E-state index in [1.807, 2.05) is 31.2 Å². The first-order valence-electron chi connectivity index (χ1n) is 6.89. The maximum absolute atomic E-state index is 10.7. The summed E-state index contributed by atoms with van der Waals surface area (Å²) in [4.78, 5) is 14.5. The Morgan fingerprint density at radius 1 is 1.22 bits per heavy atom. The molecule has 1 aromatic heterocycles. The maximum atomic E-state index is 10.7. The summed E-state index contributed by atoms with van der Waals surface area (Å²) in [5.74, 6) is 1.16. The van der Waals surface area contributed by atoms with Gasteiger partial charge in [0.2, 0.25) is 5.82 Å². The molecule has 0 amide bonds. The van der Waals surface area contributed by atoms with Gasteiger partial charge in [0, 0.05) is 11.6 Å². The van der Waals surface area contributed by atoms with Gasteiger partial charge < -0.3 is 9.26 Å². The van der Waals surface area contributed by atoms with Crippen LogP contribution in [0.1, 0.15) is 11.5 Å². The van der Waals surface area contributed by atoms with Crippen molar-refractivity contribution in [2.24, 2.45) is 0 Å². The Morgan fingerprint density at radius 3 is 2.83 bits per heavy atom. The zero-order valence-electron chi connectivity index (χ0n) is 12.3. The molecule has 2 aromatic carbocycles. The summed E-state index contributed by atoms with van der Waals surface area (Å²) >= 11 is 0. The second-order valence-corrected chi connectivity index (χ2v) is 4.87. The number of nitrogens with zero attached hydrogens (tertiary/aromatic N) is 3. The van der Waals surface area contributed by atoms with E-state index in [-0.39, 0.29) is 12.3 Å². The zero-order valence-corrected chi connectivity index (χ0v) is 12.3.